The monoisotopic (exact) mass is 369 g/mol. The molecule has 1 atom stereocenters. The molecule has 1 heterocycles. The van der Waals surface area contributed by atoms with E-state index in [0.29, 0.717) is 21.9 Å². The van der Waals surface area contributed by atoms with Crippen LogP contribution < -0.4 is 10.1 Å². The van der Waals surface area contributed by atoms with E-state index in [2.05, 4.69) is 5.32 Å². The van der Waals surface area contributed by atoms with Gasteiger partial charge in [0.2, 0.25) is 0 Å². The van der Waals surface area contributed by atoms with Gasteiger partial charge in [0.15, 0.2) is 0 Å². The van der Waals surface area contributed by atoms with Gasteiger partial charge in [0, 0.05) is 0 Å². The molecule has 26 heavy (non-hydrogen) atoms. The van der Waals surface area contributed by atoms with Crippen molar-refractivity contribution in [1.29, 1.82) is 5.26 Å². The minimum atomic E-state index is -1.17. The van der Waals surface area contributed by atoms with Crippen LogP contribution in [0.1, 0.15) is 18.1 Å². The zero-order valence-electron chi connectivity index (χ0n) is 14.0. The minimum absolute atomic E-state index is 0.0990. The van der Waals surface area contributed by atoms with Gasteiger partial charge < -0.3 is 10.1 Å². The molecule has 132 valence electrons. The summed E-state index contributed by atoms with van der Waals surface area (Å²) in [4.78, 5) is 26.2. The predicted molar refractivity (Wildman–Crippen MR) is 95.7 cm³/mol. The van der Waals surface area contributed by atoms with Crippen molar-refractivity contribution < 1.29 is 14.3 Å². The molecule has 1 saturated heterocycles. The summed E-state index contributed by atoms with van der Waals surface area (Å²) in [5.41, 5.74) is -0.0707. The molecule has 1 N–H and O–H groups in total. The summed E-state index contributed by atoms with van der Waals surface area (Å²) in [5, 5.41) is 12.1. The summed E-state index contributed by atoms with van der Waals surface area (Å²) in [6.45, 7) is 1.87. The lowest BCUT2D eigenvalue weighted by molar-refractivity contribution is -0.131. The van der Waals surface area contributed by atoms with Crippen LogP contribution >= 0.6 is 11.6 Å². The van der Waals surface area contributed by atoms with Crippen molar-refractivity contribution in [2.45, 2.75) is 12.5 Å². The summed E-state index contributed by atoms with van der Waals surface area (Å²) in [7, 11) is 0. The Hall–Kier alpha value is -3.04. The number of urea groups is 1. The number of rotatable bonds is 5. The van der Waals surface area contributed by atoms with E-state index in [9.17, 15) is 9.59 Å². The molecule has 0 aromatic heterocycles. The van der Waals surface area contributed by atoms with Gasteiger partial charge in [-0.3, -0.25) is 9.69 Å². The first-order chi connectivity index (χ1) is 12.5. The number of hydrogen-bond donors (Lipinski definition) is 1. The highest BCUT2D eigenvalue weighted by atomic mass is 35.5. The second-order valence-corrected chi connectivity index (χ2v) is 6.39. The van der Waals surface area contributed by atoms with Gasteiger partial charge in [-0.1, -0.05) is 35.9 Å². The molecule has 3 amide bonds. The van der Waals surface area contributed by atoms with E-state index in [1.165, 1.54) is 0 Å². The SMILES string of the molecule is CC1(c2ccc(C#N)cc2)NC(=O)N(CCOc2ccccc2Cl)C1=O. The van der Waals surface area contributed by atoms with Gasteiger partial charge in [0.1, 0.15) is 17.9 Å². The fourth-order valence-electron chi connectivity index (χ4n) is 2.78. The summed E-state index contributed by atoms with van der Waals surface area (Å²) in [6.07, 6.45) is 0. The summed E-state index contributed by atoms with van der Waals surface area (Å²) in [5.74, 6) is 0.131. The lowest BCUT2D eigenvalue weighted by Gasteiger charge is -2.22. The number of imide groups is 1. The number of nitriles is 1. The van der Waals surface area contributed by atoms with Crippen LogP contribution in [-0.4, -0.2) is 30.0 Å². The Balaban J connectivity index is 1.70. The average molecular weight is 370 g/mol. The third-order valence-corrected chi connectivity index (χ3v) is 4.59. The minimum Gasteiger partial charge on any atom is -0.490 e. The van der Waals surface area contributed by atoms with Gasteiger partial charge in [-0.2, -0.15) is 5.26 Å². The molecule has 2 aromatic rings. The predicted octanol–water partition coefficient (Wildman–Crippen LogP) is 3.06. The molecule has 0 bridgehead atoms. The Morgan fingerprint density at radius 1 is 1.19 bits per heavy atom. The molecule has 1 aliphatic heterocycles. The number of ether oxygens (including phenoxy) is 1. The van der Waals surface area contributed by atoms with Gasteiger partial charge in [-0.05, 0) is 36.8 Å². The van der Waals surface area contributed by atoms with Crippen molar-refractivity contribution >= 4 is 23.5 Å². The van der Waals surface area contributed by atoms with Gasteiger partial charge in [0.05, 0.1) is 23.2 Å². The van der Waals surface area contributed by atoms with E-state index in [1.54, 1.807) is 55.5 Å². The van der Waals surface area contributed by atoms with Gasteiger partial charge >= 0.3 is 6.03 Å². The highest BCUT2D eigenvalue weighted by Gasteiger charge is 2.48. The molecule has 7 heteroatoms. The maximum absolute atomic E-state index is 12.8. The molecule has 1 unspecified atom stereocenters. The number of para-hydroxylation sites is 1. The van der Waals surface area contributed by atoms with E-state index in [4.69, 9.17) is 21.6 Å². The van der Waals surface area contributed by atoms with E-state index in [0.717, 1.165) is 4.90 Å². The Labute approximate surface area is 155 Å². The Morgan fingerprint density at radius 2 is 1.88 bits per heavy atom. The van der Waals surface area contributed by atoms with Crippen molar-refractivity contribution in [3.05, 3.63) is 64.7 Å². The standard InChI is InChI=1S/C19H16ClN3O3/c1-19(14-8-6-13(12-21)7-9-14)17(24)23(18(25)22-19)10-11-26-16-5-3-2-4-15(16)20/h2-9H,10-11H2,1H3,(H,22,25). The van der Waals surface area contributed by atoms with Crippen LogP contribution in [0.15, 0.2) is 48.5 Å². The largest absolute Gasteiger partial charge is 0.490 e. The summed E-state index contributed by atoms with van der Waals surface area (Å²) < 4.78 is 5.56. The number of amides is 3. The molecule has 1 fully saturated rings. The normalized spacial score (nSPS) is 19.2. The van der Waals surface area contributed by atoms with Crippen LogP contribution in [0.25, 0.3) is 0 Å². The second kappa shape index (κ2) is 7.06. The van der Waals surface area contributed by atoms with Crippen molar-refractivity contribution in [3.63, 3.8) is 0 Å². The van der Waals surface area contributed by atoms with E-state index < -0.39 is 11.6 Å². The number of benzene rings is 2. The van der Waals surface area contributed by atoms with Crippen LogP contribution in [0.5, 0.6) is 5.75 Å². The van der Waals surface area contributed by atoms with Crippen molar-refractivity contribution in [3.8, 4) is 11.8 Å². The van der Waals surface area contributed by atoms with E-state index in [1.807, 2.05) is 6.07 Å². The number of nitrogens with zero attached hydrogens (tertiary/aromatic N) is 2. The van der Waals surface area contributed by atoms with Crippen molar-refractivity contribution in [2.24, 2.45) is 0 Å². The van der Waals surface area contributed by atoms with Crippen LogP contribution in [0.3, 0.4) is 0 Å². The average Bonchev–Trinajstić information content (AvgIpc) is 2.87. The Kier molecular flexibility index (Phi) is 4.83. The number of carbonyl (C=O) groups excluding carboxylic acids is 2. The molecule has 0 spiro atoms. The maximum atomic E-state index is 12.8. The van der Waals surface area contributed by atoms with E-state index in [-0.39, 0.29) is 19.1 Å². The topological polar surface area (TPSA) is 82.4 Å². The highest BCUT2D eigenvalue weighted by Crippen LogP contribution is 2.29. The molecule has 0 aliphatic carbocycles. The molecular weight excluding hydrogens is 354 g/mol. The Bertz CT molecular complexity index is 892. The lowest BCUT2D eigenvalue weighted by Crippen LogP contribution is -2.41. The molecule has 6 nitrogen and oxygen atoms in total. The van der Waals surface area contributed by atoms with Crippen molar-refractivity contribution in [2.75, 3.05) is 13.2 Å². The number of nitrogens with one attached hydrogen (secondary N) is 1. The smallest absolute Gasteiger partial charge is 0.325 e. The Morgan fingerprint density at radius 3 is 2.54 bits per heavy atom. The number of hydrogen-bond acceptors (Lipinski definition) is 4. The second-order valence-electron chi connectivity index (χ2n) is 5.98. The highest BCUT2D eigenvalue weighted by molar-refractivity contribution is 6.32. The van der Waals surface area contributed by atoms with Gasteiger partial charge in [-0.25, -0.2) is 4.79 Å². The van der Waals surface area contributed by atoms with Crippen LogP contribution in [-0.2, 0) is 10.3 Å². The zero-order valence-corrected chi connectivity index (χ0v) is 14.8. The first kappa shape index (κ1) is 17.8. The fraction of sp³-hybridized carbons (Fsp3) is 0.211. The van der Waals surface area contributed by atoms with Crippen molar-refractivity contribution in [1.82, 2.24) is 10.2 Å². The summed E-state index contributed by atoms with van der Waals surface area (Å²) >= 11 is 6.02. The van der Waals surface area contributed by atoms with Crippen LogP contribution in [0.2, 0.25) is 5.02 Å². The maximum Gasteiger partial charge on any atom is 0.325 e. The molecule has 0 saturated carbocycles. The molecule has 0 radical (unpaired) electrons. The molecular formula is C19H16ClN3O3. The number of carbonyl (C=O) groups is 2. The fourth-order valence-corrected chi connectivity index (χ4v) is 2.97. The first-order valence-corrected chi connectivity index (χ1v) is 8.35. The van der Waals surface area contributed by atoms with Crippen LogP contribution in [0, 0.1) is 11.3 Å². The lowest BCUT2D eigenvalue weighted by atomic mass is 9.91. The molecule has 3 rings (SSSR count). The molecule has 2 aromatic carbocycles. The van der Waals surface area contributed by atoms with Gasteiger partial charge in [0.25, 0.3) is 5.91 Å². The van der Waals surface area contributed by atoms with Gasteiger partial charge in [-0.15, -0.1) is 0 Å². The third-order valence-electron chi connectivity index (χ3n) is 4.28. The number of halogens is 1. The summed E-state index contributed by atoms with van der Waals surface area (Å²) in [6, 6.07) is 15.1. The third kappa shape index (κ3) is 3.22. The van der Waals surface area contributed by atoms with E-state index >= 15 is 0 Å². The van der Waals surface area contributed by atoms with Crippen LogP contribution in [0.4, 0.5) is 4.79 Å². The first-order valence-electron chi connectivity index (χ1n) is 7.98. The quantitative estimate of drug-likeness (QED) is 0.821. The zero-order chi connectivity index (χ0) is 18.7. The molecule has 1 aliphatic rings.